The van der Waals surface area contributed by atoms with Crippen molar-refractivity contribution in [1.29, 1.82) is 0 Å². The molecule has 2 aliphatic heterocycles. The van der Waals surface area contributed by atoms with Crippen LogP contribution in [-0.2, 0) is 6.42 Å². The number of para-hydroxylation sites is 1. The zero-order valence-corrected chi connectivity index (χ0v) is 19.1. The van der Waals surface area contributed by atoms with E-state index < -0.39 is 12.2 Å². The lowest BCUT2D eigenvalue weighted by Crippen LogP contribution is -2.41. The van der Waals surface area contributed by atoms with Gasteiger partial charge in [-0.25, -0.2) is 9.37 Å². The van der Waals surface area contributed by atoms with Crippen molar-refractivity contribution in [3.05, 3.63) is 59.2 Å². The molecule has 1 saturated carbocycles. The normalized spacial score (nSPS) is 21.0. The molecule has 0 unspecified atom stereocenters. The number of fused-ring (bicyclic) bond motifs is 2. The zero-order chi connectivity index (χ0) is 23.5. The maximum atomic E-state index is 13.7. The summed E-state index contributed by atoms with van der Waals surface area (Å²) in [5.74, 6) is 0.753. The number of amides is 1. The molecule has 2 fully saturated rings. The number of benzene rings is 1. The molecule has 5 heterocycles. The van der Waals surface area contributed by atoms with Crippen LogP contribution in [0, 0.1) is 0 Å². The van der Waals surface area contributed by atoms with E-state index in [0.717, 1.165) is 41.0 Å². The van der Waals surface area contributed by atoms with Crippen LogP contribution in [0.2, 0.25) is 0 Å². The van der Waals surface area contributed by atoms with E-state index in [-0.39, 0.29) is 17.8 Å². The van der Waals surface area contributed by atoms with E-state index in [4.69, 9.17) is 8.83 Å². The third-order valence-electron chi connectivity index (χ3n) is 7.37. The van der Waals surface area contributed by atoms with Gasteiger partial charge in [0, 0.05) is 42.7 Å². The Morgan fingerprint density at radius 1 is 1.06 bits per heavy atom. The highest BCUT2D eigenvalue weighted by Gasteiger charge is 2.43. The van der Waals surface area contributed by atoms with E-state index in [9.17, 15) is 9.18 Å². The maximum Gasteiger partial charge on any atom is 0.318 e. The Hall–Kier alpha value is -3.69. The van der Waals surface area contributed by atoms with Crippen LogP contribution < -0.4 is 4.90 Å². The van der Waals surface area contributed by atoms with Crippen molar-refractivity contribution < 1.29 is 18.0 Å². The smallest absolute Gasteiger partial charge is 0.318 e. The van der Waals surface area contributed by atoms with Crippen LogP contribution >= 0.6 is 0 Å². The van der Waals surface area contributed by atoms with Gasteiger partial charge >= 0.3 is 17.8 Å². The van der Waals surface area contributed by atoms with Crippen LogP contribution in [0.4, 0.5) is 10.4 Å². The molecule has 1 aromatic carbocycles. The lowest BCUT2D eigenvalue weighted by molar-refractivity contribution is 0.0631. The van der Waals surface area contributed by atoms with Crippen molar-refractivity contribution in [2.75, 3.05) is 24.5 Å². The fraction of sp³-hybridized carbons (Fsp3) is 0.440. The third kappa shape index (κ3) is 3.42. The van der Waals surface area contributed by atoms with Gasteiger partial charge in [0.25, 0.3) is 0 Å². The van der Waals surface area contributed by atoms with Gasteiger partial charge in [-0.05, 0) is 37.7 Å². The highest BCUT2D eigenvalue weighted by Crippen LogP contribution is 2.50. The van der Waals surface area contributed by atoms with E-state index in [1.165, 1.54) is 5.56 Å². The number of furan rings is 1. The molecule has 0 spiro atoms. The molecule has 3 aliphatic rings. The summed E-state index contributed by atoms with van der Waals surface area (Å²) in [6, 6.07) is 7.80. The van der Waals surface area contributed by atoms with Crippen molar-refractivity contribution >= 4 is 22.9 Å². The molecule has 0 radical (unpaired) electrons. The van der Waals surface area contributed by atoms with Crippen LogP contribution in [-0.4, -0.2) is 56.8 Å². The van der Waals surface area contributed by atoms with Gasteiger partial charge in [-0.15, -0.1) is 5.10 Å². The number of nitrogens with one attached hydrogen (secondary N) is 1. The van der Waals surface area contributed by atoms with E-state index >= 15 is 0 Å². The number of carbonyl (C=O) groups is 1. The molecule has 35 heavy (non-hydrogen) atoms. The second-order valence-corrected chi connectivity index (χ2v) is 9.62. The predicted octanol–water partition coefficient (Wildman–Crippen LogP) is 4.14. The third-order valence-corrected chi connectivity index (χ3v) is 7.37. The van der Waals surface area contributed by atoms with Gasteiger partial charge in [-0.1, -0.05) is 23.3 Å². The van der Waals surface area contributed by atoms with Crippen LogP contribution in [0.1, 0.15) is 71.0 Å². The number of rotatable bonds is 4. The molecule has 1 amide bonds. The van der Waals surface area contributed by atoms with E-state index in [0.29, 0.717) is 44.8 Å². The number of H-pyrrole nitrogens is 1. The van der Waals surface area contributed by atoms with Gasteiger partial charge in [0.05, 0.1) is 12.0 Å². The van der Waals surface area contributed by atoms with Gasteiger partial charge in [-0.3, -0.25) is 4.79 Å². The Kier molecular flexibility index (Phi) is 4.68. The summed E-state index contributed by atoms with van der Waals surface area (Å²) in [6.07, 6.45) is 4.54. The van der Waals surface area contributed by atoms with Crippen LogP contribution in [0.5, 0.6) is 0 Å². The first-order valence-electron chi connectivity index (χ1n) is 12.2. The number of hydrogen-bond acceptors (Lipinski definition) is 7. The lowest BCUT2D eigenvalue weighted by atomic mass is 9.95. The molecule has 1 saturated heterocycles. The number of carbonyl (C=O) groups excluding carboxylic acids is 1. The minimum Gasteiger partial charge on any atom is -0.458 e. The molecule has 3 aromatic heterocycles. The van der Waals surface area contributed by atoms with Gasteiger partial charge in [0.1, 0.15) is 23.6 Å². The highest BCUT2D eigenvalue weighted by molar-refractivity contribution is 5.91. The Bertz CT molecular complexity index is 1400. The van der Waals surface area contributed by atoms with E-state index in [2.05, 4.69) is 26.2 Å². The fourth-order valence-corrected chi connectivity index (χ4v) is 5.43. The molecular weight excluding hydrogens is 451 g/mol. The Balaban J connectivity index is 1.28. The summed E-state index contributed by atoms with van der Waals surface area (Å²) < 4.78 is 25.8. The molecule has 1 aliphatic carbocycles. The second kappa shape index (κ2) is 7.93. The Morgan fingerprint density at radius 3 is 2.71 bits per heavy atom. The number of aromatic nitrogens is 4. The molecule has 7 rings (SSSR count). The first-order chi connectivity index (χ1) is 17.2. The first-order valence-corrected chi connectivity index (χ1v) is 12.2. The number of piperidine rings is 1. The number of halogens is 1. The molecule has 0 bridgehead atoms. The predicted molar refractivity (Wildman–Crippen MR) is 124 cm³/mol. The molecule has 1 atom stereocenters. The standard InChI is InChI=1S/C25H25FN6O3/c26-15-7-10-31(11-8-15)25-30-29-23(35-25)24(33)32-12-9-17-20(28-13-27-17)21(32)22-19(14-5-6-14)16-3-1-2-4-18(16)34-22/h1-4,13-15,21H,5-12H2,(H,27,28)/t21-/m0/s1. The molecule has 9 nitrogen and oxygen atoms in total. The summed E-state index contributed by atoms with van der Waals surface area (Å²) in [5, 5.41) is 9.26. The highest BCUT2D eigenvalue weighted by atomic mass is 19.1. The monoisotopic (exact) mass is 476 g/mol. The van der Waals surface area contributed by atoms with Crippen molar-refractivity contribution in [2.45, 2.75) is 50.2 Å². The van der Waals surface area contributed by atoms with Gasteiger partial charge < -0.3 is 23.6 Å². The van der Waals surface area contributed by atoms with Crippen molar-refractivity contribution in [3.8, 4) is 0 Å². The van der Waals surface area contributed by atoms with Crippen LogP contribution in [0.25, 0.3) is 11.0 Å². The van der Waals surface area contributed by atoms with Crippen LogP contribution in [0.15, 0.2) is 39.4 Å². The summed E-state index contributed by atoms with van der Waals surface area (Å²) in [5.41, 5.74) is 3.77. The maximum absolute atomic E-state index is 13.7. The SMILES string of the molecule is O=C(c1nnc(N2CCC(F)CC2)o1)N1CCc2[nH]cnc2[C@H]1c1oc2ccccc2c1C1CC1. The zero-order valence-electron chi connectivity index (χ0n) is 19.1. The van der Waals surface area contributed by atoms with Crippen molar-refractivity contribution in [1.82, 2.24) is 25.1 Å². The van der Waals surface area contributed by atoms with E-state index in [1.54, 1.807) is 11.2 Å². The number of hydrogen-bond donors (Lipinski definition) is 1. The molecule has 180 valence electrons. The lowest BCUT2D eigenvalue weighted by Gasteiger charge is -2.33. The molecule has 1 N–H and O–H groups in total. The average Bonchev–Trinajstić information content (AvgIpc) is 3.27. The van der Waals surface area contributed by atoms with Crippen molar-refractivity contribution in [2.24, 2.45) is 0 Å². The quantitative estimate of drug-likeness (QED) is 0.472. The molecule has 4 aromatic rings. The minimum absolute atomic E-state index is 0.0737. The average molecular weight is 477 g/mol. The summed E-state index contributed by atoms with van der Waals surface area (Å²) >= 11 is 0. The number of imidazole rings is 1. The topological polar surface area (TPSA) is 104 Å². The van der Waals surface area contributed by atoms with E-state index in [1.807, 2.05) is 23.1 Å². The first kappa shape index (κ1) is 20.7. The second-order valence-electron chi connectivity index (χ2n) is 9.62. The summed E-state index contributed by atoms with van der Waals surface area (Å²) in [7, 11) is 0. The number of alkyl halides is 1. The van der Waals surface area contributed by atoms with Gasteiger partial charge in [0.2, 0.25) is 0 Å². The molecular formula is C25H25FN6O3. The number of nitrogens with zero attached hydrogens (tertiary/aromatic N) is 5. The number of aromatic amines is 1. The largest absolute Gasteiger partial charge is 0.458 e. The van der Waals surface area contributed by atoms with Gasteiger partial charge in [0.15, 0.2) is 0 Å². The van der Waals surface area contributed by atoms with Crippen LogP contribution in [0.3, 0.4) is 0 Å². The Labute approximate surface area is 200 Å². The van der Waals surface area contributed by atoms with Crippen molar-refractivity contribution in [3.63, 3.8) is 0 Å². The summed E-state index contributed by atoms with van der Waals surface area (Å²) in [6.45, 7) is 1.44. The summed E-state index contributed by atoms with van der Waals surface area (Å²) in [4.78, 5) is 25.1. The Morgan fingerprint density at radius 2 is 1.89 bits per heavy atom. The number of anilines is 1. The molecule has 10 heteroatoms. The van der Waals surface area contributed by atoms with Gasteiger partial charge in [-0.2, -0.15) is 0 Å². The minimum atomic E-state index is -0.808. The fourth-order valence-electron chi connectivity index (χ4n) is 5.43.